The van der Waals surface area contributed by atoms with E-state index in [1.165, 1.54) is 0 Å². The maximum atomic E-state index is 12.5. The Bertz CT molecular complexity index is 659. The number of nitrogens with zero attached hydrogens (tertiary/aromatic N) is 4. The standard InChI is InChI=1S/C18H24N4O2/c1-3-21(4-2)17(23)15-10-12-22(13-11-15)18-19-16(24-20-18)14-8-6-5-7-9-14/h5-9,15H,3-4,10-13H2,1-2H3. The highest BCUT2D eigenvalue weighted by molar-refractivity contribution is 5.79. The average Bonchev–Trinajstić information content (AvgIpc) is 3.14. The van der Waals surface area contributed by atoms with Crippen molar-refractivity contribution in [3.63, 3.8) is 0 Å². The molecule has 1 aliphatic heterocycles. The highest BCUT2D eigenvalue weighted by Gasteiger charge is 2.29. The number of hydrogen-bond acceptors (Lipinski definition) is 5. The van der Waals surface area contributed by atoms with Crippen molar-refractivity contribution in [3.05, 3.63) is 30.3 Å². The van der Waals surface area contributed by atoms with E-state index in [-0.39, 0.29) is 11.8 Å². The fourth-order valence-corrected chi connectivity index (χ4v) is 3.16. The number of benzene rings is 1. The van der Waals surface area contributed by atoms with Gasteiger partial charge in [0, 0.05) is 37.7 Å². The first-order chi connectivity index (χ1) is 11.7. The molecule has 24 heavy (non-hydrogen) atoms. The van der Waals surface area contributed by atoms with E-state index in [1.54, 1.807) is 0 Å². The number of piperidine rings is 1. The first-order valence-corrected chi connectivity index (χ1v) is 8.65. The predicted octanol–water partition coefficient (Wildman–Crippen LogP) is 2.82. The van der Waals surface area contributed by atoms with Crippen molar-refractivity contribution >= 4 is 11.9 Å². The lowest BCUT2D eigenvalue weighted by atomic mass is 9.95. The number of aromatic nitrogens is 2. The van der Waals surface area contributed by atoms with Crippen molar-refractivity contribution in [2.75, 3.05) is 31.1 Å². The summed E-state index contributed by atoms with van der Waals surface area (Å²) in [7, 11) is 0. The van der Waals surface area contributed by atoms with Gasteiger partial charge in [0.1, 0.15) is 0 Å². The van der Waals surface area contributed by atoms with Crippen LogP contribution in [0.1, 0.15) is 26.7 Å². The van der Waals surface area contributed by atoms with E-state index in [0.717, 1.165) is 44.6 Å². The molecule has 1 aromatic heterocycles. The Morgan fingerprint density at radius 1 is 1.21 bits per heavy atom. The molecule has 3 rings (SSSR count). The molecule has 0 N–H and O–H groups in total. The zero-order valence-electron chi connectivity index (χ0n) is 14.3. The summed E-state index contributed by atoms with van der Waals surface area (Å²) in [5, 5.41) is 4.10. The van der Waals surface area contributed by atoms with Crippen molar-refractivity contribution in [3.8, 4) is 11.5 Å². The van der Waals surface area contributed by atoms with Crippen LogP contribution in [0.4, 0.5) is 5.95 Å². The number of carbonyl (C=O) groups is 1. The minimum atomic E-state index is 0.113. The molecular formula is C18H24N4O2. The molecule has 128 valence electrons. The summed E-state index contributed by atoms with van der Waals surface area (Å²) in [5.41, 5.74) is 0.919. The van der Waals surface area contributed by atoms with Crippen LogP contribution in [0.5, 0.6) is 0 Å². The van der Waals surface area contributed by atoms with Gasteiger partial charge in [-0.2, -0.15) is 4.98 Å². The third kappa shape index (κ3) is 3.42. The summed E-state index contributed by atoms with van der Waals surface area (Å²) >= 11 is 0. The van der Waals surface area contributed by atoms with E-state index in [2.05, 4.69) is 15.0 Å². The average molecular weight is 328 g/mol. The van der Waals surface area contributed by atoms with Crippen LogP contribution in [-0.2, 0) is 4.79 Å². The Balaban J connectivity index is 1.61. The van der Waals surface area contributed by atoms with Crippen molar-refractivity contribution in [2.24, 2.45) is 5.92 Å². The van der Waals surface area contributed by atoms with E-state index in [4.69, 9.17) is 4.52 Å². The van der Waals surface area contributed by atoms with E-state index in [1.807, 2.05) is 49.1 Å². The smallest absolute Gasteiger partial charge is 0.266 e. The van der Waals surface area contributed by atoms with Crippen LogP contribution in [0.2, 0.25) is 0 Å². The number of anilines is 1. The van der Waals surface area contributed by atoms with Gasteiger partial charge < -0.3 is 14.3 Å². The Morgan fingerprint density at radius 2 is 1.88 bits per heavy atom. The molecule has 0 unspecified atom stereocenters. The monoisotopic (exact) mass is 328 g/mol. The highest BCUT2D eigenvalue weighted by atomic mass is 16.5. The van der Waals surface area contributed by atoms with Gasteiger partial charge in [-0.1, -0.05) is 18.2 Å². The molecule has 0 spiro atoms. The normalized spacial score (nSPS) is 15.5. The molecule has 1 aromatic carbocycles. The van der Waals surface area contributed by atoms with Gasteiger partial charge >= 0.3 is 0 Å². The molecule has 0 radical (unpaired) electrons. The maximum absolute atomic E-state index is 12.5. The van der Waals surface area contributed by atoms with Gasteiger partial charge in [-0.25, -0.2) is 0 Å². The fourth-order valence-electron chi connectivity index (χ4n) is 3.16. The van der Waals surface area contributed by atoms with Crippen molar-refractivity contribution < 1.29 is 9.32 Å². The lowest BCUT2D eigenvalue weighted by molar-refractivity contribution is -0.135. The maximum Gasteiger partial charge on any atom is 0.266 e. The first kappa shape index (κ1) is 16.5. The molecule has 2 aromatic rings. The largest absolute Gasteiger partial charge is 0.343 e. The fraction of sp³-hybridized carbons (Fsp3) is 0.500. The van der Waals surface area contributed by atoms with Gasteiger partial charge in [0.15, 0.2) is 0 Å². The lowest BCUT2D eigenvalue weighted by Crippen LogP contribution is -2.42. The van der Waals surface area contributed by atoms with Gasteiger partial charge in [0.2, 0.25) is 5.91 Å². The molecule has 1 saturated heterocycles. The quantitative estimate of drug-likeness (QED) is 0.844. The summed E-state index contributed by atoms with van der Waals surface area (Å²) < 4.78 is 5.37. The molecule has 1 amide bonds. The number of amides is 1. The number of carbonyl (C=O) groups excluding carboxylic acids is 1. The van der Waals surface area contributed by atoms with Crippen LogP contribution in [0.3, 0.4) is 0 Å². The predicted molar refractivity (Wildman–Crippen MR) is 92.6 cm³/mol. The topological polar surface area (TPSA) is 62.5 Å². The Labute approximate surface area is 142 Å². The van der Waals surface area contributed by atoms with Gasteiger partial charge in [0.25, 0.3) is 11.8 Å². The SMILES string of the molecule is CCN(CC)C(=O)C1CCN(c2noc(-c3ccccc3)n2)CC1. The minimum absolute atomic E-state index is 0.113. The van der Waals surface area contributed by atoms with Crippen LogP contribution >= 0.6 is 0 Å². The molecule has 0 saturated carbocycles. The van der Waals surface area contributed by atoms with Crippen molar-refractivity contribution in [1.82, 2.24) is 15.0 Å². The molecule has 0 atom stereocenters. The third-order valence-corrected chi connectivity index (χ3v) is 4.64. The second kappa shape index (κ2) is 7.47. The van der Waals surface area contributed by atoms with Crippen molar-refractivity contribution in [2.45, 2.75) is 26.7 Å². The second-order valence-electron chi connectivity index (χ2n) is 6.04. The molecule has 1 fully saturated rings. The first-order valence-electron chi connectivity index (χ1n) is 8.65. The highest BCUT2D eigenvalue weighted by Crippen LogP contribution is 2.25. The van der Waals surface area contributed by atoms with Crippen LogP contribution < -0.4 is 4.90 Å². The minimum Gasteiger partial charge on any atom is -0.343 e. The summed E-state index contributed by atoms with van der Waals surface area (Å²) in [6.07, 6.45) is 1.68. The summed E-state index contributed by atoms with van der Waals surface area (Å²) in [6.45, 7) is 7.18. The van der Waals surface area contributed by atoms with Crippen molar-refractivity contribution in [1.29, 1.82) is 0 Å². The summed E-state index contributed by atoms with van der Waals surface area (Å²) in [5.74, 6) is 1.54. The van der Waals surface area contributed by atoms with Gasteiger partial charge in [-0.15, -0.1) is 0 Å². The van der Waals surface area contributed by atoms with E-state index >= 15 is 0 Å². The molecule has 6 heteroatoms. The van der Waals surface area contributed by atoms with Crippen LogP contribution in [-0.4, -0.2) is 47.1 Å². The Morgan fingerprint density at radius 3 is 2.50 bits per heavy atom. The van der Waals surface area contributed by atoms with Gasteiger partial charge in [-0.3, -0.25) is 4.79 Å². The molecular weight excluding hydrogens is 304 g/mol. The van der Waals surface area contributed by atoms with Gasteiger partial charge in [-0.05, 0) is 44.0 Å². The molecule has 0 aliphatic carbocycles. The van der Waals surface area contributed by atoms with Gasteiger partial charge in [0.05, 0.1) is 0 Å². The molecule has 1 aliphatic rings. The summed E-state index contributed by atoms with van der Waals surface area (Å²) in [6, 6.07) is 9.75. The lowest BCUT2D eigenvalue weighted by Gasteiger charge is -2.32. The zero-order valence-corrected chi connectivity index (χ0v) is 14.3. The second-order valence-corrected chi connectivity index (χ2v) is 6.04. The Kier molecular flexibility index (Phi) is 5.13. The molecule has 2 heterocycles. The number of rotatable bonds is 5. The van der Waals surface area contributed by atoms with E-state index < -0.39 is 0 Å². The molecule has 6 nitrogen and oxygen atoms in total. The van der Waals surface area contributed by atoms with E-state index in [0.29, 0.717) is 11.8 Å². The van der Waals surface area contributed by atoms with E-state index in [9.17, 15) is 4.79 Å². The third-order valence-electron chi connectivity index (χ3n) is 4.64. The van der Waals surface area contributed by atoms with Crippen LogP contribution in [0, 0.1) is 5.92 Å². The summed E-state index contributed by atoms with van der Waals surface area (Å²) in [4.78, 5) is 21.0. The van der Waals surface area contributed by atoms with Crippen LogP contribution in [0.15, 0.2) is 34.9 Å². The van der Waals surface area contributed by atoms with Crippen LogP contribution in [0.25, 0.3) is 11.5 Å². The Hall–Kier alpha value is -2.37. The number of hydrogen-bond donors (Lipinski definition) is 0. The zero-order chi connectivity index (χ0) is 16.9. The molecule has 0 bridgehead atoms.